The molecule has 27 heavy (non-hydrogen) atoms. The van der Waals surface area contributed by atoms with Gasteiger partial charge in [-0.3, -0.25) is 4.79 Å². The van der Waals surface area contributed by atoms with E-state index in [9.17, 15) is 4.79 Å². The van der Waals surface area contributed by atoms with Crippen LogP contribution in [0.15, 0.2) is 89.8 Å². The molecule has 4 heteroatoms. The average Bonchev–Trinajstić information content (AvgIpc) is 2.73. The fraction of sp³-hybridized carbons (Fsp3) is 0.174. The first-order valence-electron chi connectivity index (χ1n) is 8.98. The van der Waals surface area contributed by atoms with Gasteiger partial charge in [0.1, 0.15) is 0 Å². The molecule has 3 aromatic carbocycles. The van der Waals surface area contributed by atoms with E-state index in [4.69, 9.17) is 0 Å². The first-order chi connectivity index (χ1) is 13.3. The first-order valence-corrected chi connectivity index (χ1v) is 11.1. The number of thioether (sulfide) groups is 2. The smallest absolute Gasteiger partial charge is 0.252 e. The molecular weight excluding hydrogens is 370 g/mol. The van der Waals surface area contributed by atoms with E-state index < -0.39 is 0 Å². The first kappa shape index (κ1) is 19.6. The van der Waals surface area contributed by atoms with Gasteiger partial charge in [-0.25, -0.2) is 0 Å². The van der Waals surface area contributed by atoms with Crippen molar-refractivity contribution in [3.8, 4) is 0 Å². The molecule has 138 valence electrons. The highest BCUT2D eigenvalue weighted by atomic mass is 32.2. The number of nitrogens with one attached hydrogen (secondary N) is 1. The minimum atomic E-state index is 0.00599. The van der Waals surface area contributed by atoms with E-state index >= 15 is 0 Å². The molecular formula is C23H23NOS2. The third kappa shape index (κ3) is 6.49. The van der Waals surface area contributed by atoms with Crippen molar-refractivity contribution in [1.29, 1.82) is 0 Å². The Balaban J connectivity index is 1.46. The molecule has 3 rings (SSSR count). The number of carbonyl (C=O) groups excluding carboxylic acids is 1. The van der Waals surface area contributed by atoms with Gasteiger partial charge < -0.3 is 5.32 Å². The quantitative estimate of drug-likeness (QED) is 0.377. The number of amides is 1. The van der Waals surface area contributed by atoms with Crippen LogP contribution in [0.3, 0.4) is 0 Å². The summed E-state index contributed by atoms with van der Waals surface area (Å²) in [6.45, 7) is 0.675. The third-order valence-corrected chi connectivity index (χ3v) is 6.19. The van der Waals surface area contributed by atoms with Crippen LogP contribution >= 0.6 is 23.5 Å². The lowest BCUT2D eigenvalue weighted by Gasteiger charge is -2.10. The zero-order valence-corrected chi connectivity index (χ0v) is 16.8. The molecule has 0 heterocycles. The fourth-order valence-corrected chi connectivity index (χ4v) is 4.44. The molecule has 0 atom stereocenters. The van der Waals surface area contributed by atoms with E-state index in [0.717, 1.165) is 27.7 Å². The van der Waals surface area contributed by atoms with Crippen LogP contribution in [0.1, 0.15) is 21.5 Å². The van der Waals surface area contributed by atoms with Crippen molar-refractivity contribution in [2.75, 3.05) is 12.3 Å². The van der Waals surface area contributed by atoms with Crippen LogP contribution < -0.4 is 5.32 Å². The molecule has 0 saturated heterocycles. The van der Waals surface area contributed by atoms with E-state index in [1.54, 1.807) is 11.8 Å². The van der Waals surface area contributed by atoms with Gasteiger partial charge in [-0.05, 0) is 23.3 Å². The molecule has 3 aromatic rings. The van der Waals surface area contributed by atoms with Crippen LogP contribution in [0.5, 0.6) is 0 Å². The zero-order valence-electron chi connectivity index (χ0n) is 15.1. The fourth-order valence-electron chi connectivity index (χ4n) is 2.61. The number of hydrogen-bond donors (Lipinski definition) is 1. The average molecular weight is 394 g/mol. The predicted molar refractivity (Wildman–Crippen MR) is 117 cm³/mol. The van der Waals surface area contributed by atoms with E-state index in [0.29, 0.717) is 6.54 Å². The summed E-state index contributed by atoms with van der Waals surface area (Å²) in [7, 11) is 0. The van der Waals surface area contributed by atoms with Gasteiger partial charge in [0, 0.05) is 28.7 Å². The van der Waals surface area contributed by atoms with Gasteiger partial charge in [0.15, 0.2) is 0 Å². The van der Waals surface area contributed by atoms with E-state index in [2.05, 4.69) is 41.7 Å². The highest BCUT2D eigenvalue weighted by Gasteiger charge is 2.11. The monoisotopic (exact) mass is 393 g/mol. The molecule has 0 unspecified atom stereocenters. The maximum atomic E-state index is 12.6. The van der Waals surface area contributed by atoms with Gasteiger partial charge in [0.05, 0.1) is 5.56 Å². The maximum absolute atomic E-state index is 12.6. The van der Waals surface area contributed by atoms with Crippen molar-refractivity contribution in [1.82, 2.24) is 5.32 Å². The van der Waals surface area contributed by atoms with Gasteiger partial charge in [-0.1, -0.05) is 72.8 Å². The number of carbonyl (C=O) groups is 1. The number of rotatable bonds is 9. The lowest BCUT2D eigenvalue weighted by atomic mass is 10.2. The van der Waals surface area contributed by atoms with Crippen LogP contribution in [0.25, 0.3) is 0 Å². The summed E-state index contributed by atoms with van der Waals surface area (Å²) in [5.74, 6) is 2.74. The molecule has 2 nitrogen and oxygen atoms in total. The van der Waals surface area contributed by atoms with Crippen molar-refractivity contribution >= 4 is 29.4 Å². The van der Waals surface area contributed by atoms with Gasteiger partial charge in [-0.15, -0.1) is 11.8 Å². The SMILES string of the molecule is O=C(NCCSCc1ccccc1)c1ccccc1SCc1ccccc1. The Labute approximate surface area is 169 Å². The standard InChI is InChI=1S/C23H23NOS2/c25-23(24-15-16-26-17-19-9-3-1-4-10-19)21-13-7-8-14-22(21)27-18-20-11-5-2-6-12-20/h1-14H,15-18H2,(H,24,25). The predicted octanol–water partition coefficient (Wildman–Crippen LogP) is 5.64. The number of hydrogen-bond acceptors (Lipinski definition) is 3. The number of benzene rings is 3. The highest BCUT2D eigenvalue weighted by molar-refractivity contribution is 7.98. The molecule has 0 fully saturated rings. The van der Waals surface area contributed by atoms with E-state index in [1.807, 2.05) is 60.3 Å². The Hall–Kier alpha value is -2.17. The second-order valence-electron chi connectivity index (χ2n) is 6.06. The van der Waals surface area contributed by atoms with Crippen molar-refractivity contribution < 1.29 is 4.79 Å². The lowest BCUT2D eigenvalue weighted by Crippen LogP contribution is -2.26. The van der Waals surface area contributed by atoms with Crippen molar-refractivity contribution in [2.24, 2.45) is 0 Å². The molecule has 1 amide bonds. The minimum Gasteiger partial charge on any atom is -0.351 e. The summed E-state index contributed by atoms with van der Waals surface area (Å²) in [4.78, 5) is 13.6. The molecule has 0 radical (unpaired) electrons. The normalized spacial score (nSPS) is 10.5. The Morgan fingerprint density at radius 1 is 0.741 bits per heavy atom. The lowest BCUT2D eigenvalue weighted by molar-refractivity contribution is 0.0953. The van der Waals surface area contributed by atoms with Gasteiger partial charge >= 0.3 is 0 Å². The summed E-state index contributed by atoms with van der Waals surface area (Å²) in [6, 6.07) is 28.6. The molecule has 0 saturated carbocycles. The molecule has 0 bridgehead atoms. The summed E-state index contributed by atoms with van der Waals surface area (Å²) < 4.78 is 0. The summed E-state index contributed by atoms with van der Waals surface area (Å²) in [5.41, 5.74) is 3.33. The van der Waals surface area contributed by atoms with Crippen molar-refractivity contribution in [3.63, 3.8) is 0 Å². The molecule has 0 aromatic heterocycles. The van der Waals surface area contributed by atoms with Crippen LogP contribution in [-0.4, -0.2) is 18.2 Å². The van der Waals surface area contributed by atoms with Crippen molar-refractivity contribution in [3.05, 3.63) is 102 Å². The minimum absolute atomic E-state index is 0.00599. The summed E-state index contributed by atoms with van der Waals surface area (Å²) in [6.07, 6.45) is 0. The van der Waals surface area contributed by atoms with Crippen molar-refractivity contribution in [2.45, 2.75) is 16.4 Å². The van der Waals surface area contributed by atoms with Crippen LogP contribution in [-0.2, 0) is 11.5 Å². The third-order valence-electron chi connectivity index (χ3n) is 4.01. The zero-order chi connectivity index (χ0) is 18.7. The van der Waals surface area contributed by atoms with Crippen LogP contribution in [0.2, 0.25) is 0 Å². The Kier molecular flexibility index (Phi) is 7.87. The largest absolute Gasteiger partial charge is 0.351 e. The Morgan fingerprint density at radius 3 is 2.04 bits per heavy atom. The van der Waals surface area contributed by atoms with Gasteiger partial charge in [0.25, 0.3) is 5.91 Å². The van der Waals surface area contributed by atoms with Gasteiger partial charge in [0.2, 0.25) is 0 Å². The molecule has 0 aliphatic heterocycles. The summed E-state index contributed by atoms with van der Waals surface area (Å²) >= 11 is 3.54. The molecule has 0 aliphatic carbocycles. The highest BCUT2D eigenvalue weighted by Crippen LogP contribution is 2.26. The topological polar surface area (TPSA) is 29.1 Å². The Bertz CT molecular complexity index is 837. The van der Waals surface area contributed by atoms with Crippen LogP contribution in [0.4, 0.5) is 0 Å². The second-order valence-corrected chi connectivity index (χ2v) is 8.19. The Morgan fingerprint density at radius 2 is 1.33 bits per heavy atom. The molecule has 1 N–H and O–H groups in total. The molecule has 0 aliphatic rings. The summed E-state index contributed by atoms with van der Waals surface area (Å²) in [5, 5.41) is 3.05. The molecule has 0 spiro atoms. The van der Waals surface area contributed by atoms with Crippen LogP contribution in [0, 0.1) is 0 Å². The van der Waals surface area contributed by atoms with E-state index in [1.165, 1.54) is 11.1 Å². The maximum Gasteiger partial charge on any atom is 0.252 e. The van der Waals surface area contributed by atoms with Gasteiger partial charge in [-0.2, -0.15) is 11.8 Å². The van der Waals surface area contributed by atoms with E-state index in [-0.39, 0.29) is 5.91 Å². The second kappa shape index (κ2) is 10.9.